The van der Waals surface area contributed by atoms with Gasteiger partial charge >= 0.3 is 0 Å². The van der Waals surface area contributed by atoms with Gasteiger partial charge in [0.2, 0.25) is 5.91 Å². The Balaban J connectivity index is 1.63. The number of nitrogens with two attached hydrogens (primary N) is 1. The summed E-state index contributed by atoms with van der Waals surface area (Å²) in [6, 6.07) is 10.5. The predicted octanol–water partition coefficient (Wildman–Crippen LogP) is 2.35. The molecule has 3 aliphatic carbocycles. The van der Waals surface area contributed by atoms with Crippen molar-refractivity contribution in [3.05, 3.63) is 35.9 Å². The summed E-state index contributed by atoms with van der Waals surface area (Å²) in [5.74, 6) is -0.0798. The maximum absolute atomic E-state index is 11.6. The molecular weight excluding hydrogens is 236 g/mol. The van der Waals surface area contributed by atoms with Crippen molar-refractivity contribution in [2.24, 2.45) is 11.1 Å². The monoisotopic (exact) mass is 258 g/mol. The molecule has 3 nitrogen and oxygen atoms in total. The van der Waals surface area contributed by atoms with Gasteiger partial charge in [0.05, 0.1) is 0 Å². The number of nitrogens with one attached hydrogen (secondary N) is 1. The number of amides is 1. The van der Waals surface area contributed by atoms with Crippen LogP contribution in [-0.2, 0) is 11.3 Å². The van der Waals surface area contributed by atoms with Gasteiger partial charge in [-0.25, -0.2) is 0 Å². The van der Waals surface area contributed by atoms with Crippen LogP contribution in [0.25, 0.3) is 0 Å². The molecule has 3 aliphatic rings. The highest BCUT2D eigenvalue weighted by atomic mass is 16.1. The van der Waals surface area contributed by atoms with Crippen molar-refractivity contribution < 1.29 is 4.79 Å². The van der Waals surface area contributed by atoms with Crippen LogP contribution in [0.1, 0.15) is 44.1 Å². The normalized spacial score (nSPS) is 33.3. The van der Waals surface area contributed by atoms with Gasteiger partial charge in [0.25, 0.3) is 0 Å². The van der Waals surface area contributed by atoms with E-state index in [9.17, 15) is 4.79 Å². The predicted molar refractivity (Wildman–Crippen MR) is 75.3 cm³/mol. The van der Waals surface area contributed by atoms with Gasteiger partial charge in [-0.2, -0.15) is 0 Å². The van der Waals surface area contributed by atoms with Gasteiger partial charge in [-0.15, -0.1) is 0 Å². The van der Waals surface area contributed by atoms with E-state index >= 15 is 0 Å². The third kappa shape index (κ3) is 2.27. The highest BCUT2D eigenvalue weighted by Gasteiger charge is 2.51. The molecule has 0 unspecified atom stereocenters. The first kappa shape index (κ1) is 12.7. The van der Waals surface area contributed by atoms with Crippen molar-refractivity contribution in [3.63, 3.8) is 0 Å². The molecule has 3 saturated carbocycles. The first-order valence-corrected chi connectivity index (χ1v) is 7.23. The zero-order chi connectivity index (χ0) is 13.3. The van der Waals surface area contributed by atoms with Crippen LogP contribution < -0.4 is 11.1 Å². The standard InChI is InChI=1S/C16H22N2O/c17-14(19)15-6-9-16(10-7-15,11-8-15)18-12-13-4-2-1-3-5-13/h1-5,18H,6-12H2,(H2,17,19). The lowest BCUT2D eigenvalue weighted by Crippen LogP contribution is -2.57. The van der Waals surface area contributed by atoms with Crippen molar-refractivity contribution in [1.82, 2.24) is 5.32 Å². The van der Waals surface area contributed by atoms with Crippen LogP contribution in [0, 0.1) is 5.41 Å². The van der Waals surface area contributed by atoms with Gasteiger partial charge in [-0.1, -0.05) is 30.3 Å². The van der Waals surface area contributed by atoms with Crippen LogP contribution in [0.4, 0.5) is 0 Å². The van der Waals surface area contributed by atoms with Gasteiger partial charge in [-0.3, -0.25) is 4.79 Å². The van der Waals surface area contributed by atoms with E-state index in [4.69, 9.17) is 5.73 Å². The zero-order valence-electron chi connectivity index (χ0n) is 11.3. The second-order valence-corrected chi connectivity index (χ2v) is 6.26. The van der Waals surface area contributed by atoms with Crippen LogP contribution in [0.3, 0.4) is 0 Å². The minimum absolute atomic E-state index is 0.0798. The Bertz CT molecular complexity index is 444. The van der Waals surface area contributed by atoms with E-state index in [1.807, 2.05) is 6.07 Å². The molecule has 1 aromatic rings. The number of fused-ring (bicyclic) bond motifs is 3. The third-order valence-electron chi connectivity index (χ3n) is 5.28. The fourth-order valence-electron chi connectivity index (χ4n) is 3.71. The molecule has 0 heterocycles. The molecule has 2 bridgehead atoms. The summed E-state index contributed by atoms with van der Waals surface area (Å²) in [4.78, 5) is 11.6. The lowest BCUT2D eigenvalue weighted by Gasteiger charge is -2.52. The molecule has 0 atom stereocenters. The maximum Gasteiger partial charge on any atom is 0.223 e. The van der Waals surface area contributed by atoms with E-state index in [0.717, 1.165) is 45.1 Å². The fraction of sp³-hybridized carbons (Fsp3) is 0.562. The van der Waals surface area contributed by atoms with Gasteiger partial charge in [0, 0.05) is 17.5 Å². The first-order valence-electron chi connectivity index (χ1n) is 7.23. The largest absolute Gasteiger partial charge is 0.369 e. The molecule has 4 rings (SSSR count). The van der Waals surface area contributed by atoms with Crippen LogP contribution >= 0.6 is 0 Å². The van der Waals surface area contributed by atoms with Crippen LogP contribution in [0.5, 0.6) is 0 Å². The van der Waals surface area contributed by atoms with Crippen molar-refractivity contribution in [2.45, 2.75) is 50.6 Å². The highest BCUT2D eigenvalue weighted by Crippen LogP contribution is 2.52. The molecule has 3 fully saturated rings. The van der Waals surface area contributed by atoms with E-state index in [1.165, 1.54) is 5.56 Å². The van der Waals surface area contributed by atoms with Gasteiger partial charge in [-0.05, 0) is 44.1 Å². The van der Waals surface area contributed by atoms with Gasteiger partial charge < -0.3 is 11.1 Å². The van der Waals surface area contributed by atoms with E-state index in [2.05, 4.69) is 29.6 Å². The van der Waals surface area contributed by atoms with Crippen LogP contribution in [0.15, 0.2) is 30.3 Å². The minimum Gasteiger partial charge on any atom is -0.369 e. The highest BCUT2D eigenvalue weighted by molar-refractivity contribution is 5.81. The van der Waals surface area contributed by atoms with Crippen molar-refractivity contribution in [1.29, 1.82) is 0 Å². The summed E-state index contributed by atoms with van der Waals surface area (Å²) in [6.45, 7) is 0.921. The Morgan fingerprint density at radius 3 is 2.16 bits per heavy atom. The van der Waals surface area contributed by atoms with E-state index < -0.39 is 0 Å². The molecule has 0 aromatic heterocycles. The summed E-state index contributed by atoms with van der Waals surface area (Å²) in [7, 11) is 0. The van der Waals surface area contributed by atoms with E-state index in [0.29, 0.717) is 0 Å². The molecule has 19 heavy (non-hydrogen) atoms. The summed E-state index contributed by atoms with van der Waals surface area (Å²) in [5, 5.41) is 3.74. The SMILES string of the molecule is NC(=O)C12CCC(NCc3ccccc3)(CC1)CC2. The average Bonchev–Trinajstić information content (AvgIpc) is 2.48. The van der Waals surface area contributed by atoms with Crippen molar-refractivity contribution in [3.8, 4) is 0 Å². The molecular formula is C16H22N2O. The zero-order valence-corrected chi connectivity index (χ0v) is 11.3. The van der Waals surface area contributed by atoms with Crippen molar-refractivity contribution in [2.75, 3.05) is 0 Å². The Kier molecular flexibility index (Phi) is 3.09. The second-order valence-electron chi connectivity index (χ2n) is 6.26. The number of benzene rings is 1. The number of carbonyl (C=O) groups is 1. The summed E-state index contributed by atoms with van der Waals surface area (Å²) < 4.78 is 0. The number of hydrogen-bond acceptors (Lipinski definition) is 2. The van der Waals surface area contributed by atoms with Crippen LogP contribution in [-0.4, -0.2) is 11.4 Å². The number of carbonyl (C=O) groups excluding carboxylic acids is 1. The van der Waals surface area contributed by atoms with Gasteiger partial charge in [0.1, 0.15) is 0 Å². The Morgan fingerprint density at radius 1 is 1.05 bits per heavy atom. The smallest absolute Gasteiger partial charge is 0.223 e. The Hall–Kier alpha value is -1.35. The lowest BCUT2D eigenvalue weighted by atomic mass is 9.57. The van der Waals surface area contributed by atoms with Gasteiger partial charge in [0.15, 0.2) is 0 Å². The molecule has 102 valence electrons. The molecule has 3 N–H and O–H groups in total. The molecule has 0 spiro atoms. The molecule has 0 saturated heterocycles. The number of hydrogen-bond donors (Lipinski definition) is 2. The maximum atomic E-state index is 11.6. The van der Waals surface area contributed by atoms with Crippen LogP contribution in [0.2, 0.25) is 0 Å². The Morgan fingerprint density at radius 2 is 1.63 bits per heavy atom. The molecule has 1 amide bonds. The molecule has 0 aliphatic heterocycles. The lowest BCUT2D eigenvalue weighted by molar-refractivity contribution is -0.134. The number of primary amides is 1. The van der Waals surface area contributed by atoms with Crippen molar-refractivity contribution >= 4 is 5.91 Å². The summed E-state index contributed by atoms with van der Waals surface area (Å²) in [6.07, 6.45) is 6.15. The first-order chi connectivity index (χ1) is 9.14. The average molecular weight is 258 g/mol. The Labute approximate surface area is 114 Å². The second kappa shape index (κ2) is 4.64. The summed E-state index contributed by atoms with van der Waals surface area (Å²) >= 11 is 0. The quantitative estimate of drug-likeness (QED) is 0.871. The van der Waals surface area contributed by atoms with E-state index in [1.54, 1.807) is 0 Å². The number of rotatable bonds is 4. The van der Waals surface area contributed by atoms with E-state index in [-0.39, 0.29) is 16.9 Å². The molecule has 0 radical (unpaired) electrons. The third-order valence-corrected chi connectivity index (χ3v) is 5.28. The summed E-state index contributed by atoms with van der Waals surface area (Å²) in [5.41, 5.74) is 6.97. The minimum atomic E-state index is -0.184. The molecule has 1 aromatic carbocycles. The topological polar surface area (TPSA) is 55.1 Å². The molecule has 3 heteroatoms. The fourth-order valence-corrected chi connectivity index (χ4v) is 3.71.